The number of hydrogen-bond acceptors (Lipinski definition) is 8. The maximum atomic E-state index is 11.7. The second-order valence-electron chi connectivity index (χ2n) is 11.6. The zero-order valence-electron chi connectivity index (χ0n) is 25.0. The van der Waals surface area contributed by atoms with E-state index < -0.39 is 46.0 Å². The Balaban J connectivity index is 1.69. The molecule has 8 N–H and O–H groups in total. The topological polar surface area (TPSA) is 162 Å². The molecule has 0 aliphatic heterocycles. The lowest BCUT2D eigenvalue weighted by molar-refractivity contribution is 0.350. The summed E-state index contributed by atoms with van der Waals surface area (Å²) in [4.78, 5) is 0. The van der Waals surface area contributed by atoms with Crippen molar-refractivity contribution in [2.24, 2.45) is 0 Å². The van der Waals surface area contributed by atoms with Crippen LogP contribution in [-0.4, -0.2) is 40.9 Å². The van der Waals surface area contributed by atoms with Gasteiger partial charge in [0.25, 0.3) is 0 Å². The minimum Gasteiger partial charge on any atom is -0.504 e. The number of phenolic OH excluding ortho intramolecular Hbond substituents is 8. The molecule has 0 saturated carbocycles. The SMILES string of the molecule is Oc1c(O)c(O)c2c(-c3ccc(-c4ccccc4)c4ccccc34)c3c(O)c(O)c(O)c(O)c3c(-c3cccc4ccccc34)c2c1O. The zero-order chi connectivity index (χ0) is 33.4. The quantitative estimate of drug-likeness (QED) is 0.0543. The molecule has 0 fully saturated rings. The normalized spacial score (nSPS) is 11.6. The van der Waals surface area contributed by atoms with Crippen molar-refractivity contribution in [2.75, 3.05) is 0 Å². The Hall–Kier alpha value is -6.80. The number of hydrogen-bond donors (Lipinski definition) is 8. The smallest absolute Gasteiger partial charge is 0.204 e. The van der Waals surface area contributed by atoms with Crippen LogP contribution in [0.3, 0.4) is 0 Å². The Labute approximate surface area is 272 Å². The molecule has 0 heterocycles. The van der Waals surface area contributed by atoms with Crippen LogP contribution in [0.4, 0.5) is 0 Å². The summed E-state index contributed by atoms with van der Waals surface area (Å²) in [6.07, 6.45) is 0. The average molecular weight is 635 g/mol. The van der Waals surface area contributed by atoms with Crippen LogP contribution < -0.4 is 0 Å². The number of fused-ring (bicyclic) bond motifs is 4. The molecule has 8 aromatic rings. The lowest BCUT2D eigenvalue weighted by Crippen LogP contribution is -1.96. The second-order valence-corrected chi connectivity index (χ2v) is 11.6. The van der Waals surface area contributed by atoms with E-state index in [1.165, 1.54) is 0 Å². The minimum atomic E-state index is -1.01. The summed E-state index contributed by atoms with van der Waals surface area (Å²) in [5, 5.41) is 92.3. The van der Waals surface area contributed by atoms with Gasteiger partial charge in [-0.25, -0.2) is 0 Å². The van der Waals surface area contributed by atoms with Crippen LogP contribution >= 0.6 is 0 Å². The molecule has 48 heavy (non-hydrogen) atoms. The van der Waals surface area contributed by atoms with Gasteiger partial charge in [0.05, 0.1) is 0 Å². The van der Waals surface area contributed by atoms with Crippen LogP contribution in [0.5, 0.6) is 46.0 Å². The zero-order valence-corrected chi connectivity index (χ0v) is 25.0. The highest BCUT2D eigenvalue weighted by molar-refractivity contribution is 6.31. The standard InChI is InChI=1S/C40H26O8/c41-33-29-27(25-16-8-12-20-11-4-5-13-21(20)25)30-32(36(44)40(48)38(46)34(30)42)28(31(29)35(43)39(47)37(33)45)26-18-17-22(19-9-2-1-3-10-19)23-14-6-7-15-24(23)26/h1-18,41-48H. The maximum Gasteiger partial charge on any atom is 0.204 e. The molecule has 0 bridgehead atoms. The fourth-order valence-corrected chi connectivity index (χ4v) is 6.99. The van der Waals surface area contributed by atoms with Crippen LogP contribution in [0.2, 0.25) is 0 Å². The number of aromatic hydroxyl groups is 8. The van der Waals surface area contributed by atoms with Crippen molar-refractivity contribution in [2.45, 2.75) is 0 Å². The third kappa shape index (κ3) is 3.83. The van der Waals surface area contributed by atoms with E-state index in [1.54, 1.807) is 36.4 Å². The molecule has 0 saturated heterocycles. The van der Waals surface area contributed by atoms with E-state index in [2.05, 4.69) is 0 Å². The molecule has 0 aliphatic carbocycles. The maximum absolute atomic E-state index is 11.7. The summed E-state index contributed by atoms with van der Waals surface area (Å²) >= 11 is 0. The van der Waals surface area contributed by atoms with Crippen LogP contribution in [0, 0.1) is 0 Å². The highest BCUT2D eigenvalue weighted by Gasteiger charge is 2.33. The highest BCUT2D eigenvalue weighted by atomic mass is 16.4. The molecular formula is C40H26O8. The van der Waals surface area contributed by atoms with Gasteiger partial charge >= 0.3 is 0 Å². The van der Waals surface area contributed by atoms with Gasteiger partial charge in [0.15, 0.2) is 23.0 Å². The first-order valence-corrected chi connectivity index (χ1v) is 15.0. The van der Waals surface area contributed by atoms with E-state index in [4.69, 9.17) is 0 Å². The average Bonchev–Trinajstić information content (AvgIpc) is 3.13. The van der Waals surface area contributed by atoms with Crippen molar-refractivity contribution in [3.05, 3.63) is 109 Å². The van der Waals surface area contributed by atoms with Crippen molar-refractivity contribution in [3.8, 4) is 79.4 Å². The van der Waals surface area contributed by atoms with E-state index in [0.29, 0.717) is 21.9 Å². The van der Waals surface area contributed by atoms with Gasteiger partial charge in [0, 0.05) is 32.7 Å². The molecule has 0 aromatic heterocycles. The molecule has 8 rings (SSSR count). The predicted molar refractivity (Wildman–Crippen MR) is 186 cm³/mol. The Bertz CT molecular complexity index is 2560. The predicted octanol–water partition coefficient (Wildman–Crippen LogP) is 8.95. The lowest BCUT2D eigenvalue weighted by Gasteiger charge is -2.24. The Morgan fingerprint density at radius 3 is 1.17 bits per heavy atom. The summed E-state index contributed by atoms with van der Waals surface area (Å²) < 4.78 is 0. The lowest BCUT2D eigenvalue weighted by atomic mass is 9.81. The van der Waals surface area contributed by atoms with Crippen molar-refractivity contribution in [3.63, 3.8) is 0 Å². The molecular weight excluding hydrogens is 608 g/mol. The molecule has 0 aliphatic rings. The monoisotopic (exact) mass is 634 g/mol. The fourth-order valence-electron chi connectivity index (χ4n) is 6.99. The number of phenols is 8. The minimum absolute atomic E-state index is 0.00555. The molecule has 8 nitrogen and oxygen atoms in total. The van der Waals surface area contributed by atoms with E-state index in [9.17, 15) is 40.9 Å². The first kappa shape index (κ1) is 28.7. The van der Waals surface area contributed by atoms with Gasteiger partial charge in [-0.2, -0.15) is 0 Å². The van der Waals surface area contributed by atoms with Crippen molar-refractivity contribution < 1.29 is 40.9 Å². The Morgan fingerprint density at radius 2 is 0.646 bits per heavy atom. The van der Waals surface area contributed by atoms with Gasteiger partial charge in [-0.05, 0) is 43.8 Å². The summed E-state index contributed by atoms with van der Waals surface area (Å²) in [6.45, 7) is 0. The third-order valence-corrected chi connectivity index (χ3v) is 9.13. The summed E-state index contributed by atoms with van der Waals surface area (Å²) in [5.41, 5.74) is 2.58. The second kappa shape index (κ2) is 10.4. The van der Waals surface area contributed by atoms with Crippen LogP contribution in [-0.2, 0) is 0 Å². The number of rotatable bonds is 3. The van der Waals surface area contributed by atoms with E-state index in [-0.39, 0.29) is 32.7 Å². The van der Waals surface area contributed by atoms with Crippen LogP contribution in [0.25, 0.3) is 76.5 Å². The van der Waals surface area contributed by atoms with Crippen molar-refractivity contribution in [1.82, 2.24) is 0 Å². The Kier molecular flexibility index (Phi) is 6.19. The first-order valence-electron chi connectivity index (χ1n) is 15.0. The molecule has 0 radical (unpaired) electrons. The Morgan fingerprint density at radius 1 is 0.271 bits per heavy atom. The van der Waals surface area contributed by atoms with Gasteiger partial charge in [-0.3, -0.25) is 0 Å². The van der Waals surface area contributed by atoms with E-state index in [1.807, 2.05) is 72.8 Å². The van der Waals surface area contributed by atoms with Gasteiger partial charge in [-0.15, -0.1) is 0 Å². The molecule has 0 spiro atoms. The highest BCUT2D eigenvalue weighted by Crippen LogP contribution is 2.62. The third-order valence-electron chi connectivity index (χ3n) is 9.13. The van der Waals surface area contributed by atoms with E-state index in [0.717, 1.165) is 21.9 Å². The van der Waals surface area contributed by atoms with E-state index >= 15 is 0 Å². The van der Waals surface area contributed by atoms with Gasteiger partial charge in [0.2, 0.25) is 23.0 Å². The molecule has 0 amide bonds. The molecule has 0 atom stereocenters. The molecule has 0 unspecified atom stereocenters. The van der Waals surface area contributed by atoms with Crippen LogP contribution in [0.15, 0.2) is 109 Å². The molecule has 8 heteroatoms. The van der Waals surface area contributed by atoms with Crippen molar-refractivity contribution >= 4 is 43.1 Å². The van der Waals surface area contributed by atoms with Gasteiger partial charge < -0.3 is 40.9 Å². The number of benzene rings is 8. The summed E-state index contributed by atoms with van der Waals surface area (Å²) in [6, 6.07) is 33.1. The van der Waals surface area contributed by atoms with Gasteiger partial charge in [0.1, 0.15) is 0 Å². The van der Waals surface area contributed by atoms with Crippen LogP contribution in [0.1, 0.15) is 0 Å². The summed E-state index contributed by atoms with van der Waals surface area (Å²) in [5.74, 6) is -7.32. The van der Waals surface area contributed by atoms with Gasteiger partial charge in [-0.1, -0.05) is 109 Å². The molecule has 234 valence electrons. The van der Waals surface area contributed by atoms with Crippen molar-refractivity contribution in [1.29, 1.82) is 0 Å². The fraction of sp³-hybridized carbons (Fsp3) is 0. The largest absolute Gasteiger partial charge is 0.504 e. The molecule has 8 aromatic carbocycles. The summed E-state index contributed by atoms with van der Waals surface area (Å²) in [7, 11) is 0. The first-order chi connectivity index (χ1) is 23.2.